The fourth-order valence-electron chi connectivity index (χ4n) is 4.20. The van der Waals surface area contributed by atoms with E-state index in [9.17, 15) is 0 Å². The predicted octanol–water partition coefficient (Wildman–Crippen LogP) is 2.44. The molecule has 2 aromatic heterocycles. The van der Waals surface area contributed by atoms with Crippen molar-refractivity contribution in [1.82, 2.24) is 25.3 Å². The van der Waals surface area contributed by atoms with Crippen LogP contribution in [0.15, 0.2) is 30.3 Å². The van der Waals surface area contributed by atoms with E-state index in [1.54, 1.807) is 0 Å². The lowest BCUT2D eigenvalue weighted by Gasteiger charge is -2.28. The second kappa shape index (κ2) is 9.52. The summed E-state index contributed by atoms with van der Waals surface area (Å²) in [5.74, 6) is 2.70. The summed E-state index contributed by atoms with van der Waals surface area (Å²) in [7, 11) is 0. The smallest absolute Gasteiger partial charge is 0.258 e. The molecule has 2 saturated heterocycles. The third-order valence-electron chi connectivity index (χ3n) is 5.86. The molecule has 0 atom stereocenters. The summed E-state index contributed by atoms with van der Waals surface area (Å²) in [4.78, 5) is 24.1. The van der Waals surface area contributed by atoms with E-state index in [2.05, 4.69) is 32.6 Å². The van der Waals surface area contributed by atoms with Crippen molar-refractivity contribution in [2.45, 2.75) is 26.3 Å². The Labute approximate surface area is 188 Å². The Morgan fingerprint density at radius 1 is 0.938 bits per heavy atom. The summed E-state index contributed by atoms with van der Waals surface area (Å²) in [6.07, 6.45) is 2.33. The molecule has 3 aromatic rings. The van der Waals surface area contributed by atoms with E-state index >= 15 is 0 Å². The van der Waals surface area contributed by atoms with Gasteiger partial charge in [-0.3, -0.25) is 0 Å². The molecule has 4 heterocycles. The minimum Gasteiger partial charge on any atom is -0.475 e. The number of hydrogen-bond donors (Lipinski definition) is 2. The van der Waals surface area contributed by atoms with Gasteiger partial charge in [0.15, 0.2) is 22.8 Å². The van der Waals surface area contributed by atoms with Crippen molar-refractivity contribution >= 4 is 28.7 Å². The van der Waals surface area contributed by atoms with Crippen molar-refractivity contribution in [2.24, 2.45) is 0 Å². The van der Waals surface area contributed by atoms with Crippen LogP contribution in [0.5, 0.6) is 5.88 Å². The molecule has 0 radical (unpaired) electrons. The van der Waals surface area contributed by atoms with Gasteiger partial charge in [-0.2, -0.15) is 9.97 Å². The molecule has 0 aliphatic carbocycles. The SMILES string of the molecule is CCOc1nc2c(N3CCCC3)nc(N3CCNCC3)nc2nc1NCc1ccccc1. The van der Waals surface area contributed by atoms with E-state index < -0.39 is 0 Å². The fraction of sp³-hybridized carbons (Fsp3) is 0.478. The van der Waals surface area contributed by atoms with Crippen LogP contribution in [-0.4, -0.2) is 65.8 Å². The summed E-state index contributed by atoms with van der Waals surface area (Å²) in [6, 6.07) is 10.2. The van der Waals surface area contributed by atoms with Crippen molar-refractivity contribution in [1.29, 1.82) is 0 Å². The summed E-state index contributed by atoms with van der Waals surface area (Å²) >= 11 is 0. The summed E-state index contributed by atoms with van der Waals surface area (Å²) in [6.45, 7) is 8.69. The lowest BCUT2D eigenvalue weighted by Crippen LogP contribution is -2.44. The summed E-state index contributed by atoms with van der Waals surface area (Å²) < 4.78 is 5.87. The van der Waals surface area contributed by atoms with Gasteiger partial charge < -0.3 is 25.2 Å². The number of anilines is 3. The molecule has 0 bridgehead atoms. The number of ether oxygens (including phenoxy) is 1. The van der Waals surface area contributed by atoms with Gasteiger partial charge in [0, 0.05) is 45.8 Å². The highest BCUT2D eigenvalue weighted by Crippen LogP contribution is 2.31. The van der Waals surface area contributed by atoms with E-state index in [1.807, 2.05) is 25.1 Å². The topological polar surface area (TPSA) is 91.3 Å². The van der Waals surface area contributed by atoms with E-state index in [0.717, 1.165) is 63.9 Å². The van der Waals surface area contributed by atoms with Gasteiger partial charge in [0.2, 0.25) is 5.95 Å². The van der Waals surface area contributed by atoms with Crippen molar-refractivity contribution in [3.63, 3.8) is 0 Å². The molecule has 5 rings (SSSR count). The van der Waals surface area contributed by atoms with Gasteiger partial charge in [-0.1, -0.05) is 30.3 Å². The maximum absolute atomic E-state index is 5.87. The largest absolute Gasteiger partial charge is 0.475 e. The number of hydrogen-bond acceptors (Lipinski definition) is 9. The first kappa shape index (κ1) is 20.7. The van der Waals surface area contributed by atoms with Crippen LogP contribution in [0.25, 0.3) is 11.2 Å². The Bertz CT molecular complexity index is 1050. The monoisotopic (exact) mass is 434 g/mol. The Morgan fingerprint density at radius 2 is 1.72 bits per heavy atom. The number of rotatable bonds is 7. The van der Waals surface area contributed by atoms with Gasteiger partial charge in [0.05, 0.1) is 6.61 Å². The van der Waals surface area contributed by atoms with Crippen LogP contribution >= 0.6 is 0 Å². The van der Waals surface area contributed by atoms with Crippen molar-refractivity contribution < 1.29 is 4.74 Å². The molecule has 2 aliphatic rings. The molecule has 0 amide bonds. The number of nitrogens with one attached hydrogen (secondary N) is 2. The van der Waals surface area contributed by atoms with Crippen LogP contribution < -0.4 is 25.2 Å². The lowest BCUT2D eigenvalue weighted by atomic mass is 10.2. The van der Waals surface area contributed by atoms with Crippen LogP contribution in [0.3, 0.4) is 0 Å². The van der Waals surface area contributed by atoms with Crippen LogP contribution in [-0.2, 0) is 6.54 Å². The maximum atomic E-state index is 5.87. The molecule has 2 N–H and O–H groups in total. The first-order valence-electron chi connectivity index (χ1n) is 11.5. The Kier molecular flexibility index (Phi) is 6.15. The Balaban J connectivity index is 1.56. The van der Waals surface area contributed by atoms with Crippen molar-refractivity contribution in [3.05, 3.63) is 35.9 Å². The van der Waals surface area contributed by atoms with Crippen LogP contribution in [0.2, 0.25) is 0 Å². The molecule has 0 spiro atoms. The van der Waals surface area contributed by atoms with Gasteiger partial charge >= 0.3 is 0 Å². The van der Waals surface area contributed by atoms with Crippen LogP contribution in [0.4, 0.5) is 17.6 Å². The quantitative estimate of drug-likeness (QED) is 0.582. The van der Waals surface area contributed by atoms with Crippen molar-refractivity contribution in [2.75, 3.05) is 61.0 Å². The Morgan fingerprint density at radius 3 is 2.47 bits per heavy atom. The van der Waals surface area contributed by atoms with Crippen LogP contribution in [0, 0.1) is 0 Å². The number of fused-ring (bicyclic) bond motifs is 1. The molecule has 2 fully saturated rings. The molecular weight excluding hydrogens is 404 g/mol. The highest BCUT2D eigenvalue weighted by Gasteiger charge is 2.24. The molecule has 32 heavy (non-hydrogen) atoms. The minimum atomic E-state index is 0.495. The third-order valence-corrected chi connectivity index (χ3v) is 5.86. The first-order valence-corrected chi connectivity index (χ1v) is 11.5. The van der Waals surface area contributed by atoms with Gasteiger partial charge in [-0.05, 0) is 25.3 Å². The molecule has 0 unspecified atom stereocenters. The first-order chi connectivity index (χ1) is 15.8. The lowest BCUT2D eigenvalue weighted by molar-refractivity contribution is 0.328. The fourth-order valence-corrected chi connectivity index (χ4v) is 4.20. The second-order valence-electron chi connectivity index (χ2n) is 8.10. The molecule has 1 aromatic carbocycles. The van der Waals surface area contributed by atoms with Gasteiger partial charge in [-0.15, -0.1) is 0 Å². The van der Waals surface area contributed by atoms with Gasteiger partial charge in [0.1, 0.15) is 0 Å². The highest BCUT2D eigenvalue weighted by atomic mass is 16.5. The minimum absolute atomic E-state index is 0.495. The molecule has 0 saturated carbocycles. The van der Waals surface area contributed by atoms with E-state index in [4.69, 9.17) is 24.7 Å². The van der Waals surface area contributed by atoms with E-state index in [1.165, 1.54) is 5.56 Å². The zero-order valence-electron chi connectivity index (χ0n) is 18.5. The Hall–Kier alpha value is -3.20. The van der Waals surface area contributed by atoms with Crippen LogP contribution in [0.1, 0.15) is 25.3 Å². The molecule has 9 heteroatoms. The average molecular weight is 435 g/mol. The average Bonchev–Trinajstić information content (AvgIpc) is 3.38. The summed E-state index contributed by atoms with van der Waals surface area (Å²) in [5.41, 5.74) is 2.48. The van der Waals surface area contributed by atoms with E-state index in [0.29, 0.717) is 36.0 Å². The number of nitrogens with zero attached hydrogens (tertiary/aromatic N) is 6. The molecule has 9 nitrogen and oxygen atoms in total. The van der Waals surface area contributed by atoms with Crippen molar-refractivity contribution in [3.8, 4) is 5.88 Å². The molecule has 2 aliphatic heterocycles. The molecular formula is C23H30N8O. The molecule has 168 valence electrons. The number of aromatic nitrogens is 4. The third kappa shape index (κ3) is 4.38. The van der Waals surface area contributed by atoms with Gasteiger partial charge in [0.25, 0.3) is 5.88 Å². The van der Waals surface area contributed by atoms with Gasteiger partial charge in [-0.25, -0.2) is 9.97 Å². The number of benzene rings is 1. The normalized spacial score (nSPS) is 16.5. The second-order valence-corrected chi connectivity index (χ2v) is 8.10. The highest BCUT2D eigenvalue weighted by molar-refractivity contribution is 5.86. The maximum Gasteiger partial charge on any atom is 0.258 e. The zero-order chi connectivity index (χ0) is 21.8. The van der Waals surface area contributed by atoms with E-state index in [-0.39, 0.29) is 0 Å². The predicted molar refractivity (Wildman–Crippen MR) is 127 cm³/mol. The zero-order valence-corrected chi connectivity index (χ0v) is 18.5. The summed E-state index contributed by atoms with van der Waals surface area (Å²) in [5, 5.41) is 6.79. The number of piperazine rings is 1. The standard InChI is InChI=1S/C23H30N8O/c1-2-32-22-20(25-16-17-8-4-3-5-9-17)27-19-18(26-22)21(30-12-6-7-13-30)29-23(28-19)31-14-10-24-11-15-31/h3-5,8-9,24H,2,6-7,10-16H2,1H3,(H,25,27,28,29).